The van der Waals surface area contributed by atoms with E-state index in [-0.39, 0.29) is 46.6 Å². The van der Waals surface area contributed by atoms with Crippen LogP contribution in [0.3, 0.4) is 0 Å². The topological polar surface area (TPSA) is 86.8 Å². The van der Waals surface area contributed by atoms with E-state index in [1.165, 1.54) is 29.4 Å². The Morgan fingerprint density at radius 2 is 1.82 bits per heavy atom. The van der Waals surface area contributed by atoms with Gasteiger partial charge in [-0.2, -0.15) is 4.31 Å². The molecule has 33 heavy (non-hydrogen) atoms. The van der Waals surface area contributed by atoms with Crippen molar-refractivity contribution in [2.75, 3.05) is 23.3 Å². The lowest BCUT2D eigenvalue weighted by Crippen LogP contribution is -2.41. The molecule has 2 aromatic carbocycles. The Balaban J connectivity index is 1.43. The molecule has 0 unspecified atom stereocenters. The molecule has 0 radical (unpaired) electrons. The summed E-state index contributed by atoms with van der Waals surface area (Å²) in [5.74, 6) is -1.46. The van der Waals surface area contributed by atoms with Gasteiger partial charge in [-0.15, -0.1) is 0 Å². The number of sulfonamides is 1. The standard InChI is InChI=1S/C23H25ClFN3O4S/c1-14-11-17-12-19(4-6-22(17)28(14)15(2)29)33(31,32)27-9-7-16(8-10-27)23(30)26-21-5-3-18(24)13-20(21)25/h3-6,12-14,16H,7-11H2,1-2H3,(H,26,30)/t14-/m1/s1. The third-order valence-corrected chi connectivity index (χ3v) is 8.39. The number of hydrogen-bond donors (Lipinski definition) is 1. The van der Waals surface area contributed by atoms with Crippen LogP contribution in [0.15, 0.2) is 41.3 Å². The summed E-state index contributed by atoms with van der Waals surface area (Å²) in [7, 11) is -3.73. The molecule has 10 heteroatoms. The zero-order valence-corrected chi connectivity index (χ0v) is 19.9. The van der Waals surface area contributed by atoms with Crippen LogP contribution in [0.1, 0.15) is 32.3 Å². The van der Waals surface area contributed by atoms with Crippen molar-refractivity contribution in [3.05, 3.63) is 52.8 Å². The zero-order valence-electron chi connectivity index (χ0n) is 18.3. The van der Waals surface area contributed by atoms with Crippen molar-refractivity contribution in [1.82, 2.24) is 4.31 Å². The van der Waals surface area contributed by atoms with Crippen molar-refractivity contribution in [3.8, 4) is 0 Å². The molecule has 0 aliphatic carbocycles. The predicted molar refractivity (Wildman–Crippen MR) is 124 cm³/mol. The molecule has 2 amide bonds. The molecule has 1 saturated heterocycles. The first-order valence-corrected chi connectivity index (χ1v) is 12.6. The third kappa shape index (κ3) is 4.62. The van der Waals surface area contributed by atoms with Crippen LogP contribution in [-0.4, -0.2) is 43.7 Å². The monoisotopic (exact) mass is 493 g/mol. The fraction of sp³-hybridized carbons (Fsp3) is 0.391. The molecule has 0 bridgehead atoms. The van der Waals surface area contributed by atoms with E-state index in [1.54, 1.807) is 17.0 Å². The number of carbonyl (C=O) groups is 2. The molecule has 1 N–H and O–H groups in total. The SMILES string of the molecule is CC(=O)N1c2ccc(S(=O)(=O)N3CCC(C(=O)Nc4ccc(Cl)cc4F)CC3)cc2C[C@H]1C. The van der Waals surface area contributed by atoms with E-state index in [4.69, 9.17) is 11.6 Å². The summed E-state index contributed by atoms with van der Waals surface area (Å²) in [5.41, 5.74) is 1.63. The number of hydrogen-bond acceptors (Lipinski definition) is 4. The van der Waals surface area contributed by atoms with Crippen LogP contribution in [-0.2, 0) is 26.0 Å². The van der Waals surface area contributed by atoms with E-state index in [0.29, 0.717) is 19.3 Å². The van der Waals surface area contributed by atoms with E-state index < -0.39 is 21.8 Å². The third-order valence-electron chi connectivity index (χ3n) is 6.26. The Morgan fingerprint density at radius 3 is 2.45 bits per heavy atom. The van der Waals surface area contributed by atoms with Crippen molar-refractivity contribution in [3.63, 3.8) is 0 Å². The fourth-order valence-corrected chi connectivity index (χ4v) is 6.26. The number of piperidine rings is 1. The van der Waals surface area contributed by atoms with Gasteiger partial charge < -0.3 is 10.2 Å². The summed E-state index contributed by atoms with van der Waals surface area (Å²) in [6.45, 7) is 3.81. The van der Waals surface area contributed by atoms with Gasteiger partial charge in [0.25, 0.3) is 0 Å². The van der Waals surface area contributed by atoms with Gasteiger partial charge in [-0.25, -0.2) is 12.8 Å². The summed E-state index contributed by atoms with van der Waals surface area (Å²) < 4.78 is 41.8. The first-order chi connectivity index (χ1) is 15.6. The second kappa shape index (κ2) is 9.04. The van der Waals surface area contributed by atoms with E-state index in [0.717, 1.165) is 17.3 Å². The van der Waals surface area contributed by atoms with E-state index in [9.17, 15) is 22.4 Å². The van der Waals surface area contributed by atoms with Crippen molar-refractivity contribution in [2.45, 2.75) is 44.0 Å². The molecular weight excluding hydrogens is 469 g/mol. The van der Waals surface area contributed by atoms with Gasteiger partial charge >= 0.3 is 0 Å². The van der Waals surface area contributed by atoms with Crippen LogP contribution in [0.5, 0.6) is 0 Å². The fourth-order valence-electron chi connectivity index (χ4n) is 4.58. The number of fused-ring (bicyclic) bond motifs is 1. The van der Waals surface area contributed by atoms with Crippen LogP contribution < -0.4 is 10.2 Å². The second-order valence-electron chi connectivity index (χ2n) is 8.52. The van der Waals surface area contributed by atoms with Crippen LogP contribution in [0.25, 0.3) is 0 Å². The van der Waals surface area contributed by atoms with Crippen molar-refractivity contribution >= 4 is 44.8 Å². The Labute approximate surface area is 197 Å². The zero-order chi connectivity index (χ0) is 23.9. The molecular formula is C23H25ClFN3O4S. The predicted octanol–water partition coefficient (Wildman–Crippen LogP) is 3.82. The summed E-state index contributed by atoms with van der Waals surface area (Å²) in [5, 5.41) is 2.80. The lowest BCUT2D eigenvalue weighted by molar-refractivity contribution is -0.121. The maximum absolute atomic E-state index is 14.0. The molecule has 1 fully saturated rings. The first-order valence-electron chi connectivity index (χ1n) is 10.8. The molecule has 7 nitrogen and oxygen atoms in total. The number of nitrogens with zero attached hydrogens (tertiary/aromatic N) is 2. The molecule has 4 rings (SSSR count). The molecule has 0 aromatic heterocycles. The Kier molecular flexibility index (Phi) is 6.48. The summed E-state index contributed by atoms with van der Waals surface area (Å²) in [4.78, 5) is 26.4. The van der Waals surface area contributed by atoms with Gasteiger partial charge in [0, 0.05) is 42.7 Å². The average Bonchev–Trinajstić information content (AvgIpc) is 3.10. The van der Waals surface area contributed by atoms with E-state index in [1.807, 2.05) is 6.92 Å². The van der Waals surface area contributed by atoms with E-state index >= 15 is 0 Å². The summed E-state index contributed by atoms with van der Waals surface area (Å²) in [6, 6.07) is 8.86. The van der Waals surface area contributed by atoms with Crippen LogP contribution >= 0.6 is 11.6 Å². The normalized spacial score (nSPS) is 19.4. The molecule has 2 aliphatic heterocycles. The molecule has 0 saturated carbocycles. The minimum Gasteiger partial charge on any atom is -0.323 e. The molecule has 2 aliphatic rings. The number of rotatable bonds is 4. The van der Waals surface area contributed by atoms with Crippen molar-refractivity contribution < 1.29 is 22.4 Å². The van der Waals surface area contributed by atoms with Gasteiger partial charge in [0.2, 0.25) is 21.8 Å². The minimum absolute atomic E-state index is 0.0183. The smallest absolute Gasteiger partial charge is 0.243 e. The highest BCUT2D eigenvalue weighted by Crippen LogP contribution is 2.35. The van der Waals surface area contributed by atoms with Gasteiger partial charge in [-0.3, -0.25) is 9.59 Å². The number of nitrogens with one attached hydrogen (secondary N) is 1. The number of amides is 2. The maximum atomic E-state index is 14.0. The molecule has 2 aromatic rings. The lowest BCUT2D eigenvalue weighted by Gasteiger charge is -2.30. The van der Waals surface area contributed by atoms with Gasteiger partial charge in [0.15, 0.2) is 0 Å². The Morgan fingerprint density at radius 1 is 1.12 bits per heavy atom. The van der Waals surface area contributed by atoms with Gasteiger partial charge in [0.1, 0.15) is 5.82 Å². The molecule has 176 valence electrons. The van der Waals surface area contributed by atoms with E-state index in [2.05, 4.69) is 5.32 Å². The van der Waals surface area contributed by atoms with Gasteiger partial charge in [-0.05, 0) is 68.1 Å². The highest BCUT2D eigenvalue weighted by Gasteiger charge is 2.34. The number of halogens is 2. The minimum atomic E-state index is -3.73. The quantitative estimate of drug-likeness (QED) is 0.701. The number of benzene rings is 2. The largest absolute Gasteiger partial charge is 0.323 e. The number of carbonyl (C=O) groups excluding carboxylic acids is 2. The van der Waals surface area contributed by atoms with Gasteiger partial charge in [-0.1, -0.05) is 11.6 Å². The summed E-state index contributed by atoms with van der Waals surface area (Å²) in [6.07, 6.45) is 1.27. The molecule has 0 spiro atoms. The van der Waals surface area contributed by atoms with Crippen LogP contribution in [0.4, 0.5) is 15.8 Å². The van der Waals surface area contributed by atoms with Crippen molar-refractivity contribution in [2.24, 2.45) is 5.92 Å². The average molecular weight is 494 g/mol. The summed E-state index contributed by atoms with van der Waals surface area (Å²) >= 11 is 5.74. The Bertz CT molecular complexity index is 1210. The van der Waals surface area contributed by atoms with Crippen molar-refractivity contribution in [1.29, 1.82) is 0 Å². The Hall–Kier alpha value is -2.49. The van der Waals surface area contributed by atoms with Gasteiger partial charge in [0.05, 0.1) is 10.6 Å². The number of anilines is 2. The lowest BCUT2D eigenvalue weighted by atomic mass is 9.97. The second-order valence-corrected chi connectivity index (χ2v) is 10.9. The van der Waals surface area contributed by atoms with Crippen LogP contribution in [0.2, 0.25) is 5.02 Å². The molecule has 1 atom stereocenters. The highest BCUT2D eigenvalue weighted by molar-refractivity contribution is 7.89. The maximum Gasteiger partial charge on any atom is 0.243 e. The molecule has 2 heterocycles. The first kappa shape index (κ1) is 23.7. The van der Waals surface area contributed by atoms with Crippen LogP contribution in [0, 0.1) is 11.7 Å². The highest BCUT2D eigenvalue weighted by atomic mass is 35.5.